The highest BCUT2D eigenvalue weighted by Crippen LogP contribution is 2.50. The Balaban J connectivity index is 1.81. The molecule has 3 rings (SSSR count). The monoisotopic (exact) mass is 241 g/mol. The standard InChI is InChI=1S/C13H20ClNO/c14-12(16)13-7-6-10(8-13)9-15(13)11-4-2-1-3-5-11/h10-11H,1-9H2/t10-,13-/m0/s1. The van der Waals surface area contributed by atoms with E-state index in [-0.39, 0.29) is 10.8 Å². The molecule has 3 aliphatic rings. The molecule has 0 radical (unpaired) electrons. The van der Waals surface area contributed by atoms with Gasteiger partial charge in [-0.3, -0.25) is 9.69 Å². The van der Waals surface area contributed by atoms with Crippen molar-refractivity contribution in [2.75, 3.05) is 6.54 Å². The van der Waals surface area contributed by atoms with Gasteiger partial charge in [0.15, 0.2) is 0 Å². The SMILES string of the molecule is O=C(Cl)[C@@]12CC[C@H](CN1C1CCCCC1)C2. The summed E-state index contributed by atoms with van der Waals surface area (Å²) in [5, 5.41) is -0.0851. The van der Waals surface area contributed by atoms with Crippen LogP contribution in [-0.4, -0.2) is 28.3 Å². The topological polar surface area (TPSA) is 20.3 Å². The predicted octanol–water partition coefficient (Wildman–Crippen LogP) is 2.94. The molecule has 2 bridgehead atoms. The molecular formula is C13H20ClNO. The maximum Gasteiger partial charge on any atom is 0.241 e. The van der Waals surface area contributed by atoms with Gasteiger partial charge >= 0.3 is 0 Å². The molecule has 90 valence electrons. The Kier molecular flexibility index (Phi) is 2.75. The van der Waals surface area contributed by atoms with Gasteiger partial charge in [0.05, 0.1) is 5.54 Å². The number of nitrogens with zero attached hydrogens (tertiary/aromatic N) is 1. The Hall–Kier alpha value is -0.0800. The largest absolute Gasteiger partial charge is 0.287 e. The summed E-state index contributed by atoms with van der Waals surface area (Å²) in [5.74, 6) is 0.740. The second kappa shape index (κ2) is 3.99. The number of halogens is 1. The summed E-state index contributed by atoms with van der Waals surface area (Å²) in [7, 11) is 0. The molecule has 0 amide bonds. The summed E-state index contributed by atoms with van der Waals surface area (Å²) >= 11 is 5.90. The highest BCUT2D eigenvalue weighted by atomic mass is 35.5. The van der Waals surface area contributed by atoms with Gasteiger partial charge in [0.25, 0.3) is 0 Å². The molecule has 0 aromatic heterocycles. The third-order valence-electron chi connectivity index (χ3n) is 4.98. The van der Waals surface area contributed by atoms with Crippen molar-refractivity contribution in [2.45, 2.75) is 62.9 Å². The third-order valence-corrected chi connectivity index (χ3v) is 5.33. The Morgan fingerprint density at radius 1 is 1.19 bits per heavy atom. The Morgan fingerprint density at radius 2 is 1.94 bits per heavy atom. The lowest BCUT2D eigenvalue weighted by Crippen LogP contribution is -2.54. The number of hydrogen-bond donors (Lipinski definition) is 0. The highest BCUT2D eigenvalue weighted by molar-refractivity contribution is 6.65. The van der Waals surface area contributed by atoms with Gasteiger partial charge < -0.3 is 0 Å². The molecular weight excluding hydrogens is 222 g/mol. The van der Waals surface area contributed by atoms with Crippen LogP contribution >= 0.6 is 11.6 Å². The normalized spacial score (nSPS) is 40.4. The molecule has 3 fully saturated rings. The molecule has 1 heterocycles. The highest BCUT2D eigenvalue weighted by Gasteiger charge is 2.56. The Labute approximate surface area is 102 Å². The summed E-state index contributed by atoms with van der Waals surface area (Å²) in [4.78, 5) is 14.3. The van der Waals surface area contributed by atoms with Gasteiger partial charge in [-0.15, -0.1) is 0 Å². The van der Waals surface area contributed by atoms with Crippen LogP contribution in [0.15, 0.2) is 0 Å². The van der Waals surface area contributed by atoms with E-state index in [1.807, 2.05) is 0 Å². The quantitative estimate of drug-likeness (QED) is 0.693. The van der Waals surface area contributed by atoms with Crippen molar-refractivity contribution in [1.82, 2.24) is 4.90 Å². The minimum atomic E-state index is -0.256. The molecule has 0 spiro atoms. The Morgan fingerprint density at radius 3 is 2.56 bits per heavy atom. The van der Waals surface area contributed by atoms with E-state index < -0.39 is 0 Å². The van der Waals surface area contributed by atoms with Crippen LogP contribution in [0.5, 0.6) is 0 Å². The van der Waals surface area contributed by atoms with Gasteiger partial charge in [-0.05, 0) is 49.6 Å². The molecule has 0 aromatic rings. The number of piperidine rings is 1. The first-order chi connectivity index (χ1) is 7.72. The summed E-state index contributed by atoms with van der Waals surface area (Å²) in [6, 6.07) is 0.641. The van der Waals surface area contributed by atoms with Crippen molar-refractivity contribution in [1.29, 1.82) is 0 Å². The van der Waals surface area contributed by atoms with Crippen LogP contribution in [0.4, 0.5) is 0 Å². The Bertz CT molecular complexity index is 300. The zero-order valence-corrected chi connectivity index (χ0v) is 10.5. The van der Waals surface area contributed by atoms with Crippen LogP contribution in [-0.2, 0) is 4.79 Å². The minimum Gasteiger partial charge on any atom is -0.287 e. The smallest absolute Gasteiger partial charge is 0.241 e. The van der Waals surface area contributed by atoms with Crippen LogP contribution in [0, 0.1) is 5.92 Å². The molecule has 2 nitrogen and oxygen atoms in total. The van der Waals surface area contributed by atoms with E-state index in [0.29, 0.717) is 6.04 Å². The fourth-order valence-corrected chi connectivity index (χ4v) is 4.46. The molecule has 16 heavy (non-hydrogen) atoms. The van der Waals surface area contributed by atoms with Gasteiger partial charge in [-0.1, -0.05) is 19.3 Å². The van der Waals surface area contributed by atoms with Crippen LogP contribution < -0.4 is 0 Å². The third kappa shape index (κ3) is 1.53. The number of likely N-dealkylation sites (tertiary alicyclic amines) is 1. The summed E-state index contributed by atoms with van der Waals surface area (Å²) in [5.41, 5.74) is -0.256. The fourth-order valence-electron chi connectivity index (χ4n) is 4.18. The first kappa shape index (κ1) is 11.0. The first-order valence-corrected chi connectivity index (χ1v) is 7.07. The molecule has 1 saturated heterocycles. The lowest BCUT2D eigenvalue weighted by molar-refractivity contribution is -0.123. The summed E-state index contributed by atoms with van der Waals surface area (Å²) < 4.78 is 0. The van der Waals surface area contributed by atoms with Crippen LogP contribution in [0.25, 0.3) is 0 Å². The van der Waals surface area contributed by atoms with Crippen molar-refractivity contribution < 1.29 is 4.79 Å². The van der Waals surface area contributed by atoms with Crippen LogP contribution in [0.1, 0.15) is 51.4 Å². The van der Waals surface area contributed by atoms with E-state index in [2.05, 4.69) is 4.90 Å². The van der Waals surface area contributed by atoms with Gasteiger partial charge in [0, 0.05) is 12.6 Å². The molecule has 1 aliphatic heterocycles. The molecule has 3 heteroatoms. The van der Waals surface area contributed by atoms with Crippen molar-refractivity contribution in [3.05, 3.63) is 0 Å². The first-order valence-electron chi connectivity index (χ1n) is 6.69. The van der Waals surface area contributed by atoms with Crippen molar-refractivity contribution in [2.24, 2.45) is 5.92 Å². The van der Waals surface area contributed by atoms with Gasteiger partial charge in [0.1, 0.15) is 0 Å². The predicted molar refractivity (Wildman–Crippen MR) is 64.5 cm³/mol. The maximum atomic E-state index is 11.8. The van der Waals surface area contributed by atoms with E-state index in [0.717, 1.165) is 25.3 Å². The number of fused-ring (bicyclic) bond motifs is 2. The maximum absolute atomic E-state index is 11.8. The van der Waals surface area contributed by atoms with E-state index in [4.69, 9.17) is 11.6 Å². The van der Waals surface area contributed by atoms with E-state index in [9.17, 15) is 4.79 Å². The summed E-state index contributed by atoms with van der Waals surface area (Å²) in [6.07, 6.45) is 9.84. The second-order valence-corrected chi connectivity index (χ2v) is 6.20. The lowest BCUT2D eigenvalue weighted by atomic mass is 9.89. The summed E-state index contributed by atoms with van der Waals surface area (Å²) in [6.45, 7) is 1.13. The molecule has 0 N–H and O–H groups in total. The van der Waals surface area contributed by atoms with E-state index >= 15 is 0 Å². The number of carbonyl (C=O) groups excluding carboxylic acids is 1. The molecule has 0 unspecified atom stereocenters. The average Bonchev–Trinajstić information content (AvgIpc) is 2.89. The molecule has 2 saturated carbocycles. The van der Waals surface area contributed by atoms with Crippen molar-refractivity contribution in [3.63, 3.8) is 0 Å². The van der Waals surface area contributed by atoms with Gasteiger partial charge in [-0.2, -0.15) is 0 Å². The number of carbonyl (C=O) groups is 1. The van der Waals surface area contributed by atoms with Crippen molar-refractivity contribution in [3.8, 4) is 0 Å². The molecule has 0 aromatic carbocycles. The van der Waals surface area contributed by atoms with E-state index in [1.165, 1.54) is 38.5 Å². The lowest BCUT2D eigenvalue weighted by Gasteiger charge is -2.43. The molecule has 2 aliphatic carbocycles. The fraction of sp³-hybridized carbons (Fsp3) is 0.923. The zero-order valence-electron chi connectivity index (χ0n) is 9.75. The minimum absolute atomic E-state index is 0.0851. The van der Waals surface area contributed by atoms with Gasteiger partial charge in [-0.25, -0.2) is 0 Å². The van der Waals surface area contributed by atoms with Crippen molar-refractivity contribution >= 4 is 16.8 Å². The van der Waals surface area contributed by atoms with E-state index in [1.54, 1.807) is 0 Å². The number of hydrogen-bond acceptors (Lipinski definition) is 2. The zero-order chi connectivity index (χ0) is 11.2. The number of rotatable bonds is 2. The van der Waals surface area contributed by atoms with Crippen LogP contribution in [0.2, 0.25) is 0 Å². The second-order valence-electron chi connectivity index (χ2n) is 5.86. The van der Waals surface area contributed by atoms with Gasteiger partial charge in [0.2, 0.25) is 5.24 Å². The van der Waals surface area contributed by atoms with Crippen LogP contribution in [0.3, 0.4) is 0 Å². The average molecular weight is 242 g/mol. The molecule has 2 atom stereocenters.